The smallest absolute Gasteiger partial charge is 0.160 e. The van der Waals surface area contributed by atoms with Crippen LogP contribution in [-0.2, 0) is 0 Å². The zero-order chi connectivity index (χ0) is 14.1. The van der Waals surface area contributed by atoms with E-state index in [0.29, 0.717) is 5.92 Å². The van der Waals surface area contributed by atoms with Gasteiger partial charge >= 0.3 is 0 Å². The van der Waals surface area contributed by atoms with Gasteiger partial charge in [-0.05, 0) is 30.3 Å². The number of halogens is 1. The third kappa shape index (κ3) is 2.54. The monoisotopic (exact) mass is 287 g/mol. The third-order valence-corrected chi connectivity index (χ3v) is 3.92. The molecule has 0 aliphatic rings. The minimum absolute atomic E-state index is 0.219. The standard InChI is InChI=1S/C15H14FN3S/c1-10(2)15-18-17-14-7-6-13(9-19(14)15)20-12-5-3-4-11(16)8-12/h3-10H,1-2H3. The summed E-state index contributed by atoms with van der Waals surface area (Å²) in [5.41, 5.74) is 0.831. The first-order valence-electron chi connectivity index (χ1n) is 6.41. The Morgan fingerprint density at radius 3 is 2.70 bits per heavy atom. The van der Waals surface area contributed by atoms with Gasteiger partial charge in [0.05, 0.1) is 0 Å². The van der Waals surface area contributed by atoms with Crippen molar-refractivity contribution in [2.24, 2.45) is 0 Å². The number of aromatic nitrogens is 3. The number of pyridine rings is 1. The van der Waals surface area contributed by atoms with Gasteiger partial charge in [-0.15, -0.1) is 10.2 Å². The molecule has 2 aromatic heterocycles. The minimum Gasteiger partial charge on any atom is -0.285 e. The highest BCUT2D eigenvalue weighted by Gasteiger charge is 2.10. The largest absolute Gasteiger partial charge is 0.285 e. The number of hydrogen-bond acceptors (Lipinski definition) is 3. The van der Waals surface area contributed by atoms with Gasteiger partial charge in [0.2, 0.25) is 0 Å². The van der Waals surface area contributed by atoms with Gasteiger partial charge in [-0.1, -0.05) is 31.7 Å². The van der Waals surface area contributed by atoms with E-state index in [4.69, 9.17) is 0 Å². The molecule has 0 amide bonds. The zero-order valence-corrected chi connectivity index (χ0v) is 12.1. The number of nitrogens with zero attached hydrogens (tertiary/aromatic N) is 3. The Morgan fingerprint density at radius 2 is 1.95 bits per heavy atom. The van der Waals surface area contributed by atoms with Crippen LogP contribution in [0.3, 0.4) is 0 Å². The first kappa shape index (κ1) is 13.1. The molecule has 0 saturated heterocycles. The normalized spacial score (nSPS) is 11.4. The second-order valence-electron chi connectivity index (χ2n) is 4.87. The van der Waals surface area contributed by atoms with Crippen LogP contribution in [0, 0.1) is 5.82 Å². The second kappa shape index (κ2) is 5.25. The predicted octanol–water partition coefficient (Wildman–Crippen LogP) is 4.14. The summed E-state index contributed by atoms with van der Waals surface area (Å²) in [5, 5.41) is 8.35. The molecule has 3 nitrogen and oxygen atoms in total. The van der Waals surface area contributed by atoms with Gasteiger partial charge in [0.1, 0.15) is 11.6 Å². The van der Waals surface area contributed by atoms with Crippen LogP contribution in [0.2, 0.25) is 0 Å². The van der Waals surface area contributed by atoms with Gasteiger partial charge in [0.25, 0.3) is 0 Å². The fraction of sp³-hybridized carbons (Fsp3) is 0.200. The number of hydrogen-bond donors (Lipinski definition) is 0. The van der Waals surface area contributed by atoms with Crippen LogP contribution >= 0.6 is 11.8 Å². The lowest BCUT2D eigenvalue weighted by atomic mass is 10.2. The third-order valence-electron chi connectivity index (χ3n) is 2.95. The molecule has 0 N–H and O–H groups in total. The van der Waals surface area contributed by atoms with Crippen molar-refractivity contribution in [2.75, 3.05) is 0 Å². The summed E-state index contributed by atoms with van der Waals surface area (Å²) in [6.07, 6.45) is 2.00. The first-order chi connectivity index (χ1) is 9.63. The highest BCUT2D eigenvalue weighted by atomic mass is 32.2. The van der Waals surface area contributed by atoms with Gasteiger partial charge in [-0.25, -0.2) is 4.39 Å². The summed E-state index contributed by atoms with van der Waals surface area (Å²) in [6.45, 7) is 4.17. The molecular formula is C15H14FN3S. The Bertz CT molecular complexity index is 752. The van der Waals surface area contributed by atoms with Crippen molar-refractivity contribution in [1.29, 1.82) is 0 Å². The molecule has 3 rings (SSSR count). The molecule has 0 unspecified atom stereocenters. The van der Waals surface area contributed by atoms with Gasteiger partial charge in [0.15, 0.2) is 5.65 Å². The summed E-state index contributed by atoms with van der Waals surface area (Å²) >= 11 is 1.52. The Balaban J connectivity index is 1.98. The maximum absolute atomic E-state index is 13.2. The van der Waals surface area contributed by atoms with Crippen LogP contribution in [0.5, 0.6) is 0 Å². The first-order valence-corrected chi connectivity index (χ1v) is 7.23. The quantitative estimate of drug-likeness (QED) is 0.725. The summed E-state index contributed by atoms with van der Waals surface area (Å²) < 4.78 is 15.2. The van der Waals surface area contributed by atoms with Crippen molar-refractivity contribution in [3.63, 3.8) is 0 Å². The van der Waals surface area contributed by atoms with Crippen LogP contribution in [0.15, 0.2) is 52.4 Å². The van der Waals surface area contributed by atoms with Crippen LogP contribution in [0.25, 0.3) is 5.65 Å². The maximum atomic E-state index is 13.2. The molecule has 5 heteroatoms. The molecule has 3 aromatic rings. The number of benzene rings is 1. The lowest BCUT2D eigenvalue weighted by Gasteiger charge is -2.05. The van der Waals surface area contributed by atoms with Crippen LogP contribution in [0.1, 0.15) is 25.6 Å². The lowest BCUT2D eigenvalue weighted by molar-refractivity contribution is 0.624. The lowest BCUT2D eigenvalue weighted by Crippen LogP contribution is -1.96. The van der Waals surface area contributed by atoms with Gasteiger partial charge < -0.3 is 0 Å². The molecule has 0 radical (unpaired) electrons. The van der Waals surface area contributed by atoms with E-state index in [1.807, 2.05) is 28.8 Å². The number of fused-ring (bicyclic) bond motifs is 1. The summed E-state index contributed by atoms with van der Waals surface area (Å²) in [6, 6.07) is 10.5. The molecule has 0 fully saturated rings. The number of rotatable bonds is 3. The average Bonchev–Trinajstić information content (AvgIpc) is 2.82. The molecule has 102 valence electrons. The maximum Gasteiger partial charge on any atom is 0.160 e. The van der Waals surface area contributed by atoms with Crippen LogP contribution in [-0.4, -0.2) is 14.6 Å². The van der Waals surface area contributed by atoms with Crippen molar-refractivity contribution < 1.29 is 4.39 Å². The molecule has 1 aromatic carbocycles. The van der Waals surface area contributed by atoms with Crippen molar-refractivity contribution in [2.45, 2.75) is 29.6 Å². The van der Waals surface area contributed by atoms with E-state index in [0.717, 1.165) is 21.3 Å². The summed E-state index contributed by atoms with van der Waals surface area (Å²) in [5.74, 6) is 1.02. The molecular weight excluding hydrogens is 273 g/mol. The fourth-order valence-corrected chi connectivity index (χ4v) is 2.89. The molecule has 0 atom stereocenters. The Kier molecular flexibility index (Phi) is 3.44. The van der Waals surface area contributed by atoms with E-state index in [-0.39, 0.29) is 5.82 Å². The van der Waals surface area contributed by atoms with E-state index in [1.165, 1.54) is 23.9 Å². The molecule has 0 spiro atoms. The van der Waals surface area contributed by atoms with Crippen molar-refractivity contribution in [3.8, 4) is 0 Å². The van der Waals surface area contributed by atoms with Gasteiger partial charge in [-0.3, -0.25) is 4.40 Å². The van der Waals surface area contributed by atoms with Crippen LogP contribution < -0.4 is 0 Å². The zero-order valence-electron chi connectivity index (χ0n) is 11.2. The van der Waals surface area contributed by atoms with E-state index in [2.05, 4.69) is 24.0 Å². The molecule has 0 aliphatic carbocycles. The van der Waals surface area contributed by atoms with Crippen molar-refractivity contribution in [1.82, 2.24) is 14.6 Å². The predicted molar refractivity (Wildman–Crippen MR) is 77.6 cm³/mol. The Labute approximate surface area is 120 Å². The topological polar surface area (TPSA) is 30.2 Å². The highest BCUT2D eigenvalue weighted by molar-refractivity contribution is 7.99. The molecule has 2 heterocycles. The molecule has 20 heavy (non-hydrogen) atoms. The summed E-state index contributed by atoms with van der Waals surface area (Å²) in [4.78, 5) is 1.91. The van der Waals surface area contributed by atoms with Gasteiger partial charge in [-0.2, -0.15) is 0 Å². The molecule has 0 aliphatic heterocycles. The van der Waals surface area contributed by atoms with Crippen molar-refractivity contribution >= 4 is 17.4 Å². The molecule has 0 saturated carbocycles. The van der Waals surface area contributed by atoms with Gasteiger partial charge in [0, 0.05) is 21.9 Å². The Morgan fingerprint density at radius 1 is 1.10 bits per heavy atom. The van der Waals surface area contributed by atoms with Crippen molar-refractivity contribution in [3.05, 3.63) is 54.2 Å². The average molecular weight is 287 g/mol. The second-order valence-corrected chi connectivity index (χ2v) is 6.01. The minimum atomic E-state index is -0.219. The van der Waals surface area contributed by atoms with E-state index in [1.54, 1.807) is 6.07 Å². The summed E-state index contributed by atoms with van der Waals surface area (Å²) in [7, 11) is 0. The van der Waals surface area contributed by atoms with E-state index < -0.39 is 0 Å². The SMILES string of the molecule is CC(C)c1nnc2ccc(Sc3cccc(F)c3)cn12. The Hall–Kier alpha value is -1.88. The molecule has 0 bridgehead atoms. The van der Waals surface area contributed by atoms with E-state index in [9.17, 15) is 4.39 Å². The van der Waals surface area contributed by atoms with E-state index >= 15 is 0 Å². The highest BCUT2D eigenvalue weighted by Crippen LogP contribution is 2.28. The van der Waals surface area contributed by atoms with Crippen LogP contribution in [0.4, 0.5) is 4.39 Å². The fourth-order valence-electron chi connectivity index (χ4n) is 2.01.